The molecule has 152 valence electrons. The zero-order valence-corrected chi connectivity index (χ0v) is 16.7. The van der Waals surface area contributed by atoms with Gasteiger partial charge in [-0.1, -0.05) is 6.07 Å². The summed E-state index contributed by atoms with van der Waals surface area (Å²) < 4.78 is 19.3. The number of fused-ring (bicyclic) bond motifs is 1. The number of benzene rings is 1. The Balaban J connectivity index is 1.57. The zero-order valence-electron chi connectivity index (χ0n) is 16.7. The number of aromatic amines is 1. The first kappa shape index (κ1) is 19.7. The summed E-state index contributed by atoms with van der Waals surface area (Å²) in [6.45, 7) is 1.92. The standard InChI is InChI=1S/C23H20FN3O3/c1-13-11-18(19(28)6-3-14-7-9-25-10-8-14)27-21(13)15-4-5-17-16(12-15)20(24)22(26-17)23(29)30-2/h4-5,7-10,12,26H,3,6,11H2,1-2H3. The van der Waals surface area contributed by atoms with Crippen LogP contribution in [0.1, 0.15) is 41.4 Å². The molecule has 1 N–H and O–H groups in total. The number of aryl methyl sites for hydroxylation is 1. The summed E-state index contributed by atoms with van der Waals surface area (Å²) in [7, 11) is 1.20. The third-order valence-electron chi connectivity index (χ3n) is 5.19. The molecular formula is C23H20FN3O3. The summed E-state index contributed by atoms with van der Waals surface area (Å²) in [5.41, 5.74) is 4.17. The van der Waals surface area contributed by atoms with Gasteiger partial charge >= 0.3 is 5.97 Å². The summed E-state index contributed by atoms with van der Waals surface area (Å²) in [6.07, 6.45) is 4.89. The molecule has 0 atom stereocenters. The van der Waals surface area contributed by atoms with Crippen LogP contribution in [0.5, 0.6) is 0 Å². The van der Waals surface area contributed by atoms with Crippen LogP contribution in [0.4, 0.5) is 4.39 Å². The molecule has 3 aromatic rings. The van der Waals surface area contributed by atoms with E-state index in [1.807, 2.05) is 19.1 Å². The van der Waals surface area contributed by atoms with E-state index < -0.39 is 11.8 Å². The van der Waals surface area contributed by atoms with E-state index in [0.717, 1.165) is 11.1 Å². The number of methoxy groups -OCH3 is 1. The zero-order chi connectivity index (χ0) is 21.3. The Labute approximate surface area is 172 Å². The van der Waals surface area contributed by atoms with E-state index in [4.69, 9.17) is 0 Å². The lowest BCUT2D eigenvalue weighted by Gasteiger charge is -2.02. The number of hydrogen-bond acceptors (Lipinski definition) is 5. The molecule has 30 heavy (non-hydrogen) atoms. The summed E-state index contributed by atoms with van der Waals surface area (Å²) in [5, 5.41) is 0.279. The first-order valence-electron chi connectivity index (χ1n) is 9.57. The largest absolute Gasteiger partial charge is 0.464 e. The quantitative estimate of drug-likeness (QED) is 0.621. The molecule has 3 heterocycles. The van der Waals surface area contributed by atoms with Crippen LogP contribution in [-0.2, 0) is 16.0 Å². The Morgan fingerprint density at radius 3 is 2.70 bits per heavy atom. The van der Waals surface area contributed by atoms with Crippen LogP contribution >= 0.6 is 0 Å². The maximum Gasteiger partial charge on any atom is 0.357 e. The minimum atomic E-state index is -0.762. The van der Waals surface area contributed by atoms with Crippen LogP contribution in [-0.4, -0.2) is 34.5 Å². The maximum atomic E-state index is 14.7. The van der Waals surface area contributed by atoms with Gasteiger partial charge in [-0.2, -0.15) is 0 Å². The number of Topliss-reactive ketones (excluding diaryl/α,β-unsaturated/α-hetero) is 1. The number of carbonyl (C=O) groups is 2. The molecule has 0 radical (unpaired) electrons. The number of aliphatic imine (C=N–C) groups is 1. The van der Waals surface area contributed by atoms with Gasteiger partial charge in [-0.05, 0) is 48.7 Å². The Morgan fingerprint density at radius 2 is 1.97 bits per heavy atom. The van der Waals surface area contributed by atoms with E-state index in [-0.39, 0.29) is 16.9 Å². The number of pyridine rings is 1. The van der Waals surface area contributed by atoms with Crippen molar-refractivity contribution in [1.29, 1.82) is 0 Å². The summed E-state index contributed by atoms with van der Waals surface area (Å²) in [5.74, 6) is -1.42. The summed E-state index contributed by atoms with van der Waals surface area (Å²) in [6, 6.07) is 8.91. The van der Waals surface area contributed by atoms with Crippen molar-refractivity contribution in [1.82, 2.24) is 9.97 Å². The van der Waals surface area contributed by atoms with E-state index in [1.165, 1.54) is 7.11 Å². The van der Waals surface area contributed by atoms with E-state index in [9.17, 15) is 14.0 Å². The number of hydrogen-bond donors (Lipinski definition) is 1. The summed E-state index contributed by atoms with van der Waals surface area (Å²) >= 11 is 0. The van der Waals surface area contributed by atoms with Crippen molar-refractivity contribution in [3.63, 3.8) is 0 Å². The predicted molar refractivity (Wildman–Crippen MR) is 112 cm³/mol. The molecule has 0 amide bonds. The lowest BCUT2D eigenvalue weighted by Crippen LogP contribution is -2.12. The second-order valence-electron chi connectivity index (χ2n) is 7.21. The smallest absolute Gasteiger partial charge is 0.357 e. The van der Waals surface area contributed by atoms with E-state index in [0.29, 0.717) is 41.8 Å². The highest BCUT2D eigenvalue weighted by Crippen LogP contribution is 2.32. The number of carbonyl (C=O) groups excluding carboxylic acids is 2. The first-order valence-corrected chi connectivity index (χ1v) is 9.57. The molecule has 4 rings (SSSR count). The van der Waals surface area contributed by atoms with Crippen molar-refractivity contribution < 1.29 is 18.7 Å². The Kier molecular flexibility index (Phi) is 5.27. The van der Waals surface area contributed by atoms with Gasteiger partial charge in [0.1, 0.15) is 0 Å². The van der Waals surface area contributed by atoms with Gasteiger partial charge in [-0.15, -0.1) is 0 Å². The molecule has 1 aliphatic rings. The van der Waals surface area contributed by atoms with E-state index in [1.54, 1.807) is 30.6 Å². The topological polar surface area (TPSA) is 84.4 Å². The number of rotatable bonds is 6. The molecule has 2 aromatic heterocycles. The third-order valence-corrected chi connectivity index (χ3v) is 5.19. The number of halogens is 1. The minimum Gasteiger partial charge on any atom is -0.464 e. The van der Waals surface area contributed by atoms with Crippen molar-refractivity contribution in [2.75, 3.05) is 7.11 Å². The molecule has 0 aliphatic carbocycles. The van der Waals surface area contributed by atoms with Gasteiger partial charge in [0.2, 0.25) is 0 Å². The van der Waals surface area contributed by atoms with Crippen molar-refractivity contribution in [2.24, 2.45) is 4.99 Å². The molecule has 0 saturated carbocycles. The maximum absolute atomic E-state index is 14.7. The highest BCUT2D eigenvalue weighted by molar-refractivity contribution is 6.42. The molecule has 7 heteroatoms. The van der Waals surface area contributed by atoms with E-state index >= 15 is 0 Å². The molecule has 1 aliphatic heterocycles. The van der Waals surface area contributed by atoms with Crippen LogP contribution in [0.25, 0.3) is 16.6 Å². The Morgan fingerprint density at radius 1 is 1.20 bits per heavy atom. The van der Waals surface area contributed by atoms with Crippen LogP contribution in [0, 0.1) is 5.82 Å². The van der Waals surface area contributed by atoms with Crippen LogP contribution < -0.4 is 0 Å². The fourth-order valence-corrected chi connectivity index (χ4v) is 3.58. The minimum absolute atomic E-state index is 0.00282. The van der Waals surface area contributed by atoms with Gasteiger partial charge in [0, 0.05) is 41.7 Å². The van der Waals surface area contributed by atoms with E-state index in [2.05, 4.69) is 19.7 Å². The fourth-order valence-electron chi connectivity index (χ4n) is 3.58. The lowest BCUT2D eigenvalue weighted by atomic mass is 10.0. The number of allylic oxidation sites excluding steroid dienone is 1. The van der Waals surface area contributed by atoms with Crippen molar-refractivity contribution >= 4 is 34.1 Å². The number of H-pyrrole nitrogens is 1. The third kappa shape index (κ3) is 3.66. The lowest BCUT2D eigenvalue weighted by molar-refractivity contribution is -0.113. The molecule has 0 saturated heterocycles. The number of ketones is 1. The number of ether oxygens (including phenoxy) is 1. The van der Waals surface area contributed by atoms with Crippen LogP contribution in [0.3, 0.4) is 0 Å². The van der Waals surface area contributed by atoms with Crippen molar-refractivity contribution in [3.05, 3.63) is 70.9 Å². The second-order valence-corrected chi connectivity index (χ2v) is 7.21. The monoisotopic (exact) mass is 405 g/mol. The molecule has 6 nitrogen and oxygen atoms in total. The molecule has 0 spiro atoms. The Bertz CT molecular complexity index is 1210. The van der Waals surface area contributed by atoms with Crippen LogP contribution in [0.2, 0.25) is 0 Å². The molecule has 0 bridgehead atoms. The van der Waals surface area contributed by atoms with Crippen molar-refractivity contribution in [3.8, 4) is 0 Å². The molecule has 0 unspecified atom stereocenters. The SMILES string of the molecule is COC(=O)c1[nH]c2ccc(C3=C(C)CC(C(=O)CCc4ccncc4)=N3)cc2c1F. The average Bonchev–Trinajstić information content (AvgIpc) is 3.32. The predicted octanol–water partition coefficient (Wildman–Crippen LogP) is 4.27. The van der Waals surface area contributed by atoms with Gasteiger partial charge in [-0.25, -0.2) is 14.2 Å². The fraction of sp³-hybridized carbons (Fsp3) is 0.217. The molecular weight excluding hydrogens is 385 g/mol. The Hall–Kier alpha value is -3.61. The second kappa shape index (κ2) is 8.02. The number of nitrogens with zero attached hydrogens (tertiary/aromatic N) is 2. The van der Waals surface area contributed by atoms with Crippen molar-refractivity contribution in [2.45, 2.75) is 26.2 Å². The highest BCUT2D eigenvalue weighted by atomic mass is 19.1. The van der Waals surface area contributed by atoms with Gasteiger partial charge in [0.05, 0.1) is 18.5 Å². The first-order chi connectivity index (χ1) is 14.5. The molecule has 1 aromatic carbocycles. The van der Waals surface area contributed by atoms with Gasteiger partial charge in [0.25, 0.3) is 0 Å². The molecule has 0 fully saturated rings. The summed E-state index contributed by atoms with van der Waals surface area (Å²) in [4.78, 5) is 35.6. The number of esters is 1. The highest BCUT2D eigenvalue weighted by Gasteiger charge is 2.23. The number of aromatic nitrogens is 2. The van der Waals surface area contributed by atoms with Gasteiger partial charge in [0.15, 0.2) is 17.3 Å². The van der Waals surface area contributed by atoms with Gasteiger partial charge < -0.3 is 9.72 Å². The normalized spacial score (nSPS) is 13.6. The van der Waals surface area contributed by atoms with Gasteiger partial charge in [-0.3, -0.25) is 9.78 Å². The van der Waals surface area contributed by atoms with Crippen LogP contribution in [0.15, 0.2) is 53.3 Å². The average molecular weight is 405 g/mol. The number of nitrogens with one attached hydrogen (secondary N) is 1.